The molecule has 2 heterocycles. The fraction of sp³-hybridized carbons (Fsp3) is 0.100. The molecule has 0 amide bonds. The van der Waals surface area contributed by atoms with Gasteiger partial charge in [0, 0.05) is 10.9 Å². The highest BCUT2D eigenvalue weighted by Gasteiger charge is 2.13. The van der Waals surface area contributed by atoms with Crippen molar-refractivity contribution in [2.75, 3.05) is 0 Å². The fourth-order valence-electron chi connectivity index (χ4n) is 2.88. The Balaban J connectivity index is 1.86. The summed E-state index contributed by atoms with van der Waals surface area (Å²) < 4.78 is 1.70. The zero-order valence-electron chi connectivity index (χ0n) is 13.3. The molecule has 0 bridgehead atoms. The summed E-state index contributed by atoms with van der Waals surface area (Å²) in [5, 5.41) is 2.73. The van der Waals surface area contributed by atoms with Crippen LogP contribution in [0.3, 0.4) is 0 Å². The average Bonchev–Trinajstić information content (AvgIpc) is 3.05. The first-order valence-corrected chi connectivity index (χ1v) is 8.68. The molecule has 0 fully saturated rings. The molecule has 0 saturated carbocycles. The van der Waals surface area contributed by atoms with Gasteiger partial charge in [-0.2, -0.15) is 0 Å². The molecule has 4 heteroatoms. The lowest BCUT2D eigenvalue weighted by molar-refractivity contribution is 0.745. The lowest BCUT2D eigenvalue weighted by atomic mass is 10.1. The first-order valence-electron chi connectivity index (χ1n) is 7.80. The number of hydrogen-bond acceptors (Lipinski definition) is 3. The van der Waals surface area contributed by atoms with Crippen molar-refractivity contribution in [3.05, 3.63) is 87.8 Å². The summed E-state index contributed by atoms with van der Waals surface area (Å²) >= 11 is 1.52. The second kappa shape index (κ2) is 6.06. The quantitative estimate of drug-likeness (QED) is 0.554. The average molecular weight is 332 g/mol. The Kier molecular flexibility index (Phi) is 3.75. The van der Waals surface area contributed by atoms with E-state index in [9.17, 15) is 4.79 Å². The van der Waals surface area contributed by atoms with Gasteiger partial charge in [-0.15, -0.1) is 11.3 Å². The van der Waals surface area contributed by atoms with Crippen LogP contribution in [-0.4, -0.2) is 9.55 Å². The summed E-state index contributed by atoms with van der Waals surface area (Å²) in [6, 6.07) is 18.1. The molecule has 3 nitrogen and oxygen atoms in total. The van der Waals surface area contributed by atoms with Crippen LogP contribution in [0.15, 0.2) is 71.1 Å². The van der Waals surface area contributed by atoms with Crippen molar-refractivity contribution >= 4 is 21.6 Å². The molecule has 0 radical (unpaired) electrons. The molecule has 0 aliphatic rings. The molecule has 2 aromatic heterocycles. The first-order chi connectivity index (χ1) is 11.7. The van der Waals surface area contributed by atoms with E-state index in [0.29, 0.717) is 11.9 Å². The van der Waals surface area contributed by atoms with Gasteiger partial charge < -0.3 is 0 Å². The number of thiophene rings is 1. The second-order valence-corrected chi connectivity index (χ2v) is 6.66. The van der Waals surface area contributed by atoms with E-state index in [0.717, 1.165) is 21.5 Å². The van der Waals surface area contributed by atoms with E-state index in [4.69, 9.17) is 0 Å². The number of nitrogens with zero attached hydrogens (tertiary/aromatic N) is 2. The Labute approximate surface area is 143 Å². The number of hydrogen-bond donors (Lipinski definition) is 0. The molecule has 0 saturated heterocycles. The van der Waals surface area contributed by atoms with Crippen molar-refractivity contribution in [3.63, 3.8) is 0 Å². The Bertz CT molecular complexity index is 1060. The van der Waals surface area contributed by atoms with Gasteiger partial charge in [0.05, 0.1) is 18.3 Å². The number of rotatable bonds is 3. The van der Waals surface area contributed by atoms with Crippen LogP contribution in [0.1, 0.15) is 11.1 Å². The molecular weight excluding hydrogens is 316 g/mol. The minimum atomic E-state index is 0.0170. The standard InChI is InChI=1S/C20H16N2OS/c1-14-7-5-6-10-16(14)11-22-13-21-19-18(20(22)23)17(12-24-19)15-8-3-2-4-9-15/h2-10,12-13H,11H2,1H3. The van der Waals surface area contributed by atoms with Crippen molar-refractivity contribution < 1.29 is 0 Å². The van der Waals surface area contributed by atoms with Crippen LogP contribution in [0, 0.1) is 6.92 Å². The topological polar surface area (TPSA) is 34.9 Å². The number of benzene rings is 2. The van der Waals surface area contributed by atoms with Crippen molar-refractivity contribution in [2.24, 2.45) is 0 Å². The number of aryl methyl sites for hydroxylation is 1. The smallest absolute Gasteiger partial charge is 0.263 e. The summed E-state index contributed by atoms with van der Waals surface area (Å²) in [4.78, 5) is 18.3. The van der Waals surface area contributed by atoms with Crippen LogP contribution >= 0.6 is 11.3 Å². The SMILES string of the molecule is Cc1ccccc1Cn1cnc2scc(-c3ccccc3)c2c1=O. The largest absolute Gasteiger partial charge is 0.294 e. The maximum atomic E-state index is 13.0. The zero-order valence-corrected chi connectivity index (χ0v) is 14.1. The van der Waals surface area contributed by atoms with Crippen LogP contribution in [0.5, 0.6) is 0 Å². The van der Waals surface area contributed by atoms with Gasteiger partial charge in [0.1, 0.15) is 4.83 Å². The summed E-state index contributed by atoms with van der Waals surface area (Å²) in [5.74, 6) is 0. The summed E-state index contributed by atoms with van der Waals surface area (Å²) in [6.45, 7) is 2.60. The van der Waals surface area contributed by atoms with Gasteiger partial charge in [0.2, 0.25) is 0 Å². The number of aromatic nitrogens is 2. The normalized spacial score (nSPS) is 11.0. The van der Waals surface area contributed by atoms with E-state index in [2.05, 4.69) is 24.0 Å². The molecule has 2 aromatic carbocycles. The summed E-state index contributed by atoms with van der Waals surface area (Å²) in [7, 11) is 0. The van der Waals surface area contributed by atoms with Crippen LogP contribution in [0.2, 0.25) is 0 Å². The molecular formula is C20H16N2OS. The number of fused-ring (bicyclic) bond motifs is 1. The molecule has 24 heavy (non-hydrogen) atoms. The lowest BCUT2D eigenvalue weighted by Crippen LogP contribution is -2.21. The van der Waals surface area contributed by atoms with E-state index in [1.165, 1.54) is 16.9 Å². The fourth-order valence-corrected chi connectivity index (χ4v) is 3.79. The molecule has 4 rings (SSSR count). The van der Waals surface area contributed by atoms with Gasteiger partial charge in [-0.1, -0.05) is 54.6 Å². The Hall–Kier alpha value is -2.72. The Morgan fingerprint density at radius 3 is 2.58 bits per heavy atom. The van der Waals surface area contributed by atoms with Gasteiger partial charge in [-0.05, 0) is 23.6 Å². The van der Waals surface area contributed by atoms with Gasteiger partial charge in [0.15, 0.2) is 0 Å². The molecule has 118 valence electrons. The predicted molar refractivity (Wildman–Crippen MR) is 99.6 cm³/mol. The summed E-state index contributed by atoms with van der Waals surface area (Å²) in [5.41, 5.74) is 4.35. The van der Waals surface area contributed by atoms with Crippen LogP contribution < -0.4 is 5.56 Å². The van der Waals surface area contributed by atoms with Crippen molar-refractivity contribution in [3.8, 4) is 11.1 Å². The molecule has 0 aliphatic heterocycles. The Morgan fingerprint density at radius 2 is 1.79 bits per heavy atom. The van der Waals surface area contributed by atoms with Crippen LogP contribution in [-0.2, 0) is 6.54 Å². The monoisotopic (exact) mass is 332 g/mol. The third kappa shape index (κ3) is 2.55. The van der Waals surface area contributed by atoms with Crippen LogP contribution in [0.25, 0.3) is 21.3 Å². The second-order valence-electron chi connectivity index (χ2n) is 5.80. The van der Waals surface area contributed by atoms with Gasteiger partial charge in [0.25, 0.3) is 5.56 Å². The van der Waals surface area contributed by atoms with Gasteiger partial charge >= 0.3 is 0 Å². The van der Waals surface area contributed by atoms with Gasteiger partial charge in [-0.3, -0.25) is 9.36 Å². The van der Waals surface area contributed by atoms with Gasteiger partial charge in [-0.25, -0.2) is 4.98 Å². The molecule has 0 atom stereocenters. The highest BCUT2D eigenvalue weighted by molar-refractivity contribution is 7.17. The highest BCUT2D eigenvalue weighted by atomic mass is 32.1. The lowest BCUT2D eigenvalue weighted by Gasteiger charge is -2.08. The zero-order chi connectivity index (χ0) is 16.5. The van der Waals surface area contributed by atoms with Crippen molar-refractivity contribution in [2.45, 2.75) is 13.5 Å². The van der Waals surface area contributed by atoms with E-state index >= 15 is 0 Å². The highest BCUT2D eigenvalue weighted by Crippen LogP contribution is 2.30. The third-order valence-electron chi connectivity index (χ3n) is 4.25. The minimum absolute atomic E-state index is 0.0170. The van der Waals surface area contributed by atoms with E-state index in [1.807, 2.05) is 47.8 Å². The Morgan fingerprint density at radius 1 is 1.04 bits per heavy atom. The molecule has 0 unspecified atom stereocenters. The molecule has 0 aliphatic carbocycles. The maximum Gasteiger partial charge on any atom is 0.263 e. The third-order valence-corrected chi connectivity index (χ3v) is 5.13. The van der Waals surface area contributed by atoms with E-state index < -0.39 is 0 Å². The molecule has 4 aromatic rings. The van der Waals surface area contributed by atoms with E-state index in [1.54, 1.807) is 10.9 Å². The van der Waals surface area contributed by atoms with Crippen LogP contribution in [0.4, 0.5) is 0 Å². The van der Waals surface area contributed by atoms with Crippen molar-refractivity contribution in [1.82, 2.24) is 9.55 Å². The maximum absolute atomic E-state index is 13.0. The minimum Gasteiger partial charge on any atom is -0.294 e. The van der Waals surface area contributed by atoms with E-state index in [-0.39, 0.29) is 5.56 Å². The summed E-state index contributed by atoms with van der Waals surface area (Å²) in [6.07, 6.45) is 1.66. The first kappa shape index (κ1) is 14.8. The molecule has 0 spiro atoms. The predicted octanol–water partition coefficient (Wildman–Crippen LogP) is 4.48. The molecule has 0 N–H and O–H groups in total. The van der Waals surface area contributed by atoms with Crippen molar-refractivity contribution in [1.29, 1.82) is 0 Å².